The fourth-order valence-corrected chi connectivity index (χ4v) is 2.30. The Balaban J connectivity index is 2.73. The van der Waals surface area contributed by atoms with Gasteiger partial charge in [0.25, 0.3) is 0 Å². The molecule has 0 aliphatic rings. The second-order valence-corrected chi connectivity index (χ2v) is 5.12. The number of amides is 1. The molecule has 122 valence electrons. The summed E-state index contributed by atoms with van der Waals surface area (Å²) in [6, 6.07) is 5.43. The van der Waals surface area contributed by atoms with Crippen molar-refractivity contribution in [3.05, 3.63) is 23.8 Å². The summed E-state index contributed by atoms with van der Waals surface area (Å²) in [6.45, 7) is 4.17. The number of nitrogens with zero attached hydrogens (tertiary/aromatic N) is 1. The van der Waals surface area contributed by atoms with Crippen LogP contribution in [0.4, 0.5) is 0 Å². The first-order valence-corrected chi connectivity index (χ1v) is 7.71. The zero-order valence-electron chi connectivity index (χ0n) is 13.9. The number of hydrazone groups is 1. The number of carbonyl (C=O) groups excluding carboxylic acids is 1. The van der Waals surface area contributed by atoms with Gasteiger partial charge in [0.05, 0.1) is 20.4 Å². The van der Waals surface area contributed by atoms with Crippen LogP contribution < -0.4 is 14.9 Å². The molecule has 0 radical (unpaired) electrons. The summed E-state index contributed by atoms with van der Waals surface area (Å²) in [5, 5.41) is 4.05. The molecule has 1 aromatic rings. The van der Waals surface area contributed by atoms with Crippen molar-refractivity contribution in [1.82, 2.24) is 5.43 Å². The minimum absolute atomic E-state index is 0.0261. The highest BCUT2D eigenvalue weighted by atomic mass is 16.5. The Labute approximate surface area is 132 Å². The van der Waals surface area contributed by atoms with Gasteiger partial charge in [-0.1, -0.05) is 26.7 Å². The largest absolute Gasteiger partial charge is 0.497 e. The number of rotatable bonds is 9. The number of benzene rings is 1. The first-order valence-electron chi connectivity index (χ1n) is 7.71. The van der Waals surface area contributed by atoms with Gasteiger partial charge in [0.2, 0.25) is 5.91 Å². The molecular weight excluding hydrogens is 280 g/mol. The number of hydrogen-bond acceptors (Lipinski definition) is 4. The number of methoxy groups -OCH3 is 2. The predicted octanol–water partition coefficient (Wildman–Crippen LogP) is 3.37. The molecule has 0 atom stereocenters. The third-order valence-corrected chi connectivity index (χ3v) is 3.46. The Kier molecular flexibility index (Phi) is 8.04. The summed E-state index contributed by atoms with van der Waals surface area (Å²) in [6.07, 6.45) is 5.33. The Hall–Kier alpha value is -2.04. The van der Waals surface area contributed by atoms with Gasteiger partial charge in [-0.3, -0.25) is 4.79 Å². The van der Waals surface area contributed by atoms with Crippen LogP contribution in [0.15, 0.2) is 23.3 Å². The molecule has 0 bridgehead atoms. The van der Waals surface area contributed by atoms with E-state index in [1.807, 2.05) is 12.1 Å². The number of hydrogen-bond donors (Lipinski definition) is 1. The Morgan fingerprint density at radius 1 is 1.23 bits per heavy atom. The molecule has 1 amide bonds. The zero-order valence-corrected chi connectivity index (χ0v) is 13.9. The third-order valence-electron chi connectivity index (χ3n) is 3.46. The van der Waals surface area contributed by atoms with E-state index in [9.17, 15) is 4.79 Å². The SMILES string of the molecule is CCCC(CCC)C(=O)N/N=C/c1cc(OC)ccc1OC. The van der Waals surface area contributed by atoms with Crippen molar-refractivity contribution < 1.29 is 14.3 Å². The molecule has 0 unspecified atom stereocenters. The van der Waals surface area contributed by atoms with Gasteiger partial charge in [-0.05, 0) is 31.0 Å². The van der Waals surface area contributed by atoms with Crippen molar-refractivity contribution in [1.29, 1.82) is 0 Å². The Bertz CT molecular complexity index is 495. The Morgan fingerprint density at radius 3 is 2.45 bits per heavy atom. The van der Waals surface area contributed by atoms with Crippen LogP contribution in [0.1, 0.15) is 45.1 Å². The zero-order chi connectivity index (χ0) is 16.4. The van der Waals surface area contributed by atoms with E-state index >= 15 is 0 Å². The van der Waals surface area contributed by atoms with Crippen LogP contribution in [0.2, 0.25) is 0 Å². The molecule has 1 aromatic carbocycles. The Morgan fingerprint density at radius 2 is 1.91 bits per heavy atom. The second-order valence-electron chi connectivity index (χ2n) is 5.12. The average molecular weight is 306 g/mol. The molecular formula is C17H26N2O3. The van der Waals surface area contributed by atoms with E-state index in [0.717, 1.165) is 31.2 Å². The van der Waals surface area contributed by atoms with E-state index in [2.05, 4.69) is 24.4 Å². The van der Waals surface area contributed by atoms with Gasteiger partial charge >= 0.3 is 0 Å². The van der Waals surface area contributed by atoms with Crippen molar-refractivity contribution in [2.75, 3.05) is 14.2 Å². The molecule has 0 saturated heterocycles. The highest BCUT2D eigenvalue weighted by Gasteiger charge is 2.15. The number of ether oxygens (including phenoxy) is 2. The number of carbonyl (C=O) groups is 1. The lowest BCUT2D eigenvalue weighted by Gasteiger charge is -2.12. The smallest absolute Gasteiger partial charge is 0.243 e. The maximum atomic E-state index is 12.1. The molecule has 5 heteroatoms. The van der Waals surface area contributed by atoms with Gasteiger partial charge in [0.15, 0.2) is 0 Å². The molecule has 0 saturated carbocycles. The summed E-state index contributed by atoms with van der Waals surface area (Å²) in [7, 11) is 3.20. The number of nitrogens with one attached hydrogen (secondary N) is 1. The normalized spacial score (nSPS) is 11.0. The first-order chi connectivity index (χ1) is 10.7. The molecule has 0 heterocycles. The summed E-state index contributed by atoms with van der Waals surface area (Å²) in [4.78, 5) is 12.1. The third kappa shape index (κ3) is 5.39. The van der Waals surface area contributed by atoms with Crippen LogP contribution in [0.3, 0.4) is 0 Å². The summed E-state index contributed by atoms with van der Waals surface area (Å²) in [5.41, 5.74) is 3.38. The van der Waals surface area contributed by atoms with E-state index in [1.54, 1.807) is 26.5 Å². The van der Waals surface area contributed by atoms with Crippen molar-refractivity contribution in [3.63, 3.8) is 0 Å². The van der Waals surface area contributed by atoms with E-state index in [4.69, 9.17) is 9.47 Å². The maximum Gasteiger partial charge on any atom is 0.243 e. The van der Waals surface area contributed by atoms with Gasteiger partial charge in [-0.25, -0.2) is 5.43 Å². The van der Waals surface area contributed by atoms with Crippen molar-refractivity contribution in [2.45, 2.75) is 39.5 Å². The van der Waals surface area contributed by atoms with Gasteiger partial charge in [-0.15, -0.1) is 0 Å². The van der Waals surface area contributed by atoms with Crippen molar-refractivity contribution >= 4 is 12.1 Å². The van der Waals surface area contributed by atoms with E-state index in [-0.39, 0.29) is 11.8 Å². The molecule has 1 rings (SSSR count). The van der Waals surface area contributed by atoms with Crippen LogP contribution in [0.5, 0.6) is 11.5 Å². The monoisotopic (exact) mass is 306 g/mol. The predicted molar refractivity (Wildman–Crippen MR) is 88.6 cm³/mol. The summed E-state index contributed by atoms with van der Waals surface area (Å²) >= 11 is 0. The molecule has 5 nitrogen and oxygen atoms in total. The van der Waals surface area contributed by atoms with Crippen molar-refractivity contribution in [3.8, 4) is 11.5 Å². The molecule has 0 aromatic heterocycles. The van der Waals surface area contributed by atoms with Gasteiger partial charge in [0, 0.05) is 11.5 Å². The van der Waals surface area contributed by atoms with Crippen LogP contribution in [-0.4, -0.2) is 26.3 Å². The molecule has 0 aliphatic carbocycles. The molecule has 22 heavy (non-hydrogen) atoms. The van der Waals surface area contributed by atoms with E-state index < -0.39 is 0 Å². The van der Waals surface area contributed by atoms with Crippen molar-refractivity contribution in [2.24, 2.45) is 11.0 Å². The van der Waals surface area contributed by atoms with Crippen LogP contribution in [-0.2, 0) is 4.79 Å². The topological polar surface area (TPSA) is 59.9 Å². The lowest BCUT2D eigenvalue weighted by molar-refractivity contribution is -0.125. The molecule has 1 N–H and O–H groups in total. The summed E-state index contributed by atoms with van der Waals surface area (Å²) in [5.74, 6) is 1.39. The van der Waals surface area contributed by atoms with E-state index in [1.165, 1.54) is 0 Å². The lowest BCUT2D eigenvalue weighted by Crippen LogP contribution is -2.26. The van der Waals surface area contributed by atoms with Gasteiger partial charge in [-0.2, -0.15) is 5.10 Å². The molecule has 0 fully saturated rings. The molecule has 0 spiro atoms. The second kappa shape index (κ2) is 9.82. The lowest BCUT2D eigenvalue weighted by atomic mass is 9.98. The van der Waals surface area contributed by atoms with Crippen LogP contribution in [0.25, 0.3) is 0 Å². The minimum Gasteiger partial charge on any atom is -0.497 e. The van der Waals surface area contributed by atoms with E-state index in [0.29, 0.717) is 11.5 Å². The van der Waals surface area contributed by atoms with Gasteiger partial charge < -0.3 is 9.47 Å². The maximum absolute atomic E-state index is 12.1. The first kappa shape index (κ1) is 18.0. The molecule has 0 aliphatic heterocycles. The summed E-state index contributed by atoms with van der Waals surface area (Å²) < 4.78 is 10.4. The average Bonchev–Trinajstić information content (AvgIpc) is 2.54. The standard InChI is InChI=1S/C17H26N2O3/c1-5-7-13(8-6-2)17(20)19-18-12-14-11-15(21-3)9-10-16(14)22-4/h9-13H,5-8H2,1-4H3,(H,19,20)/b18-12+. The quantitative estimate of drug-likeness (QED) is 0.562. The minimum atomic E-state index is -0.0261. The van der Waals surface area contributed by atoms with Gasteiger partial charge in [0.1, 0.15) is 11.5 Å². The highest BCUT2D eigenvalue weighted by Crippen LogP contribution is 2.22. The van der Waals surface area contributed by atoms with Crippen LogP contribution in [0, 0.1) is 5.92 Å². The fraction of sp³-hybridized carbons (Fsp3) is 0.529. The highest BCUT2D eigenvalue weighted by molar-refractivity contribution is 5.86. The van der Waals surface area contributed by atoms with Crippen LogP contribution >= 0.6 is 0 Å². The fourth-order valence-electron chi connectivity index (χ4n) is 2.30.